The molecule has 0 aromatic heterocycles. The number of alkyl halides is 3. The molecule has 7 nitrogen and oxygen atoms in total. The average molecular weight is 451 g/mol. The molecule has 0 saturated carbocycles. The maximum atomic E-state index is 12.8. The molecule has 0 radical (unpaired) electrons. The van der Waals surface area contributed by atoms with Crippen molar-refractivity contribution in [2.45, 2.75) is 11.1 Å². The molecule has 2 rings (SSSR count). The van der Waals surface area contributed by atoms with Crippen molar-refractivity contribution in [3.05, 3.63) is 58.6 Å². The van der Waals surface area contributed by atoms with Gasteiger partial charge in [0, 0.05) is 5.69 Å². The quantitative estimate of drug-likeness (QED) is 0.659. The van der Waals surface area contributed by atoms with Gasteiger partial charge in [0.2, 0.25) is 10.0 Å². The molecule has 0 aliphatic rings. The highest BCUT2D eigenvalue weighted by atomic mass is 35.5. The van der Waals surface area contributed by atoms with E-state index in [1.807, 2.05) is 0 Å². The van der Waals surface area contributed by atoms with E-state index in [0.29, 0.717) is 6.07 Å². The summed E-state index contributed by atoms with van der Waals surface area (Å²) in [7, 11) is -2.59. The molecular weight excluding hydrogens is 437 g/mol. The van der Waals surface area contributed by atoms with Gasteiger partial charge < -0.3 is 10.1 Å². The summed E-state index contributed by atoms with van der Waals surface area (Å²) in [5.74, 6) is -1.88. The van der Waals surface area contributed by atoms with Gasteiger partial charge in [-0.2, -0.15) is 13.2 Å². The fourth-order valence-corrected chi connectivity index (χ4v) is 3.14. The van der Waals surface area contributed by atoms with E-state index < -0.39 is 45.3 Å². The number of esters is 1. The summed E-state index contributed by atoms with van der Waals surface area (Å²) >= 11 is 5.49. The molecule has 2 N–H and O–H groups in total. The average Bonchev–Trinajstić information content (AvgIpc) is 2.66. The van der Waals surface area contributed by atoms with Gasteiger partial charge in [-0.15, -0.1) is 0 Å². The number of amides is 1. The number of hydrogen-bond acceptors (Lipinski definition) is 5. The van der Waals surface area contributed by atoms with Crippen molar-refractivity contribution in [3.8, 4) is 0 Å². The fourth-order valence-electron chi connectivity index (χ4n) is 2.14. The molecule has 0 aliphatic carbocycles. The monoisotopic (exact) mass is 450 g/mol. The third-order valence-electron chi connectivity index (χ3n) is 3.54. The van der Waals surface area contributed by atoms with E-state index in [1.54, 1.807) is 0 Å². The topological polar surface area (TPSA) is 102 Å². The van der Waals surface area contributed by atoms with Crippen LogP contribution in [0.1, 0.15) is 15.9 Å². The second-order valence-corrected chi connectivity index (χ2v) is 7.85. The minimum Gasteiger partial charge on any atom is -0.452 e. The Morgan fingerprint density at radius 3 is 2.45 bits per heavy atom. The summed E-state index contributed by atoms with van der Waals surface area (Å²) in [4.78, 5) is 23.7. The van der Waals surface area contributed by atoms with E-state index in [0.717, 1.165) is 18.2 Å². The molecule has 0 bridgehead atoms. The lowest BCUT2D eigenvalue weighted by Gasteiger charge is -2.12. The second-order valence-electron chi connectivity index (χ2n) is 5.55. The molecule has 12 heteroatoms. The Morgan fingerprint density at radius 2 is 1.83 bits per heavy atom. The SMILES string of the molecule is CNS(=O)(=O)c1cccc(C(=O)OCC(=O)Nc2ccc(Cl)c(C(F)(F)F)c2)c1. The number of rotatable bonds is 6. The van der Waals surface area contributed by atoms with Crippen molar-refractivity contribution in [1.82, 2.24) is 4.72 Å². The molecule has 0 spiro atoms. The van der Waals surface area contributed by atoms with Crippen LogP contribution in [-0.4, -0.2) is 33.9 Å². The molecule has 0 fully saturated rings. The number of ether oxygens (including phenoxy) is 1. The van der Waals surface area contributed by atoms with Crippen molar-refractivity contribution in [3.63, 3.8) is 0 Å². The number of sulfonamides is 1. The maximum absolute atomic E-state index is 12.8. The number of benzene rings is 2. The first kappa shape index (κ1) is 22.7. The Balaban J connectivity index is 2.03. The van der Waals surface area contributed by atoms with E-state index in [1.165, 1.54) is 25.2 Å². The lowest BCUT2D eigenvalue weighted by atomic mass is 10.2. The molecule has 1 amide bonds. The van der Waals surface area contributed by atoms with Crippen LogP contribution in [0.4, 0.5) is 18.9 Å². The van der Waals surface area contributed by atoms with Gasteiger partial charge in [0.1, 0.15) is 0 Å². The van der Waals surface area contributed by atoms with E-state index in [4.69, 9.17) is 16.3 Å². The Morgan fingerprint density at radius 1 is 1.14 bits per heavy atom. The van der Waals surface area contributed by atoms with Crippen molar-refractivity contribution in [2.75, 3.05) is 19.0 Å². The fraction of sp³-hybridized carbons (Fsp3) is 0.176. The summed E-state index contributed by atoms with van der Waals surface area (Å²) in [6, 6.07) is 7.68. The first-order valence-corrected chi connectivity index (χ1v) is 9.67. The van der Waals surface area contributed by atoms with Crippen molar-refractivity contribution >= 4 is 39.2 Å². The summed E-state index contributed by atoms with van der Waals surface area (Å²) < 4.78 is 68.9. The number of hydrogen-bond donors (Lipinski definition) is 2. The summed E-state index contributed by atoms with van der Waals surface area (Å²) in [6.45, 7) is -0.800. The lowest BCUT2D eigenvalue weighted by Crippen LogP contribution is -2.22. The predicted octanol–water partition coefficient (Wildman–Crippen LogP) is 3.06. The molecule has 0 heterocycles. The van der Waals surface area contributed by atoms with Crippen molar-refractivity contribution in [1.29, 1.82) is 0 Å². The van der Waals surface area contributed by atoms with Gasteiger partial charge in [0.25, 0.3) is 5.91 Å². The van der Waals surface area contributed by atoms with Crippen LogP contribution in [0, 0.1) is 0 Å². The number of carbonyl (C=O) groups excluding carboxylic acids is 2. The first-order chi connectivity index (χ1) is 13.4. The predicted molar refractivity (Wildman–Crippen MR) is 98.1 cm³/mol. The largest absolute Gasteiger partial charge is 0.452 e. The highest BCUT2D eigenvalue weighted by molar-refractivity contribution is 7.89. The molecule has 0 atom stereocenters. The molecule has 29 heavy (non-hydrogen) atoms. The molecule has 156 valence electrons. The van der Waals surface area contributed by atoms with Crippen LogP contribution in [-0.2, 0) is 25.7 Å². The highest BCUT2D eigenvalue weighted by Crippen LogP contribution is 2.36. The molecule has 0 aliphatic heterocycles. The van der Waals surface area contributed by atoms with E-state index in [9.17, 15) is 31.2 Å². The summed E-state index contributed by atoms with van der Waals surface area (Å²) in [6.07, 6.45) is -4.71. The Hall–Kier alpha value is -2.63. The highest BCUT2D eigenvalue weighted by Gasteiger charge is 2.33. The summed E-state index contributed by atoms with van der Waals surface area (Å²) in [5, 5.41) is 1.62. The second kappa shape index (κ2) is 8.80. The van der Waals surface area contributed by atoms with Crippen LogP contribution in [0.15, 0.2) is 47.4 Å². The zero-order valence-electron chi connectivity index (χ0n) is 14.7. The van der Waals surface area contributed by atoms with Gasteiger partial charge in [-0.3, -0.25) is 4.79 Å². The Labute approximate surface area is 168 Å². The van der Waals surface area contributed by atoms with E-state index >= 15 is 0 Å². The normalized spacial score (nSPS) is 11.8. The number of nitrogens with one attached hydrogen (secondary N) is 2. The molecule has 0 saturated heterocycles. The molecule has 0 unspecified atom stereocenters. The van der Waals surface area contributed by atoms with Crippen LogP contribution in [0.3, 0.4) is 0 Å². The third kappa shape index (κ3) is 5.92. The summed E-state index contributed by atoms with van der Waals surface area (Å²) in [5.41, 5.74) is -1.44. The van der Waals surface area contributed by atoms with Crippen molar-refractivity contribution in [2.24, 2.45) is 0 Å². The van der Waals surface area contributed by atoms with Gasteiger partial charge in [0.15, 0.2) is 6.61 Å². The van der Waals surface area contributed by atoms with Gasteiger partial charge in [-0.25, -0.2) is 17.9 Å². The maximum Gasteiger partial charge on any atom is 0.417 e. The van der Waals surface area contributed by atoms with E-state index in [-0.39, 0.29) is 16.1 Å². The number of halogens is 4. The van der Waals surface area contributed by atoms with Gasteiger partial charge in [0.05, 0.1) is 21.0 Å². The van der Waals surface area contributed by atoms with Crippen LogP contribution < -0.4 is 10.0 Å². The van der Waals surface area contributed by atoms with Crippen LogP contribution >= 0.6 is 11.6 Å². The minimum atomic E-state index is -4.71. The van der Waals surface area contributed by atoms with Crippen LogP contribution in [0.25, 0.3) is 0 Å². The lowest BCUT2D eigenvalue weighted by molar-refractivity contribution is -0.137. The Kier molecular flexibility index (Phi) is 6.88. The van der Waals surface area contributed by atoms with E-state index in [2.05, 4.69) is 10.0 Å². The van der Waals surface area contributed by atoms with Gasteiger partial charge >= 0.3 is 12.1 Å². The number of carbonyl (C=O) groups is 2. The molecule has 2 aromatic carbocycles. The standard InChI is InChI=1S/C17H14ClF3N2O5S/c1-22-29(26,27)12-4-2-3-10(7-12)16(25)28-9-15(24)23-11-5-6-14(18)13(8-11)17(19,20)21/h2-8,22H,9H2,1H3,(H,23,24). The zero-order chi connectivity index (χ0) is 21.8. The zero-order valence-corrected chi connectivity index (χ0v) is 16.3. The molecular formula is C17H14ClF3N2O5S. The smallest absolute Gasteiger partial charge is 0.417 e. The van der Waals surface area contributed by atoms with Crippen LogP contribution in [0.5, 0.6) is 0 Å². The number of anilines is 1. The van der Waals surface area contributed by atoms with Crippen molar-refractivity contribution < 1.29 is 35.9 Å². The van der Waals surface area contributed by atoms with Crippen LogP contribution in [0.2, 0.25) is 5.02 Å². The van der Waals surface area contributed by atoms with Gasteiger partial charge in [-0.05, 0) is 43.4 Å². The minimum absolute atomic E-state index is 0.125. The third-order valence-corrected chi connectivity index (χ3v) is 5.28. The van der Waals surface area contributed by atoms with Gasteiger partial charge in [-0.1, -0.05) is 17.7 Å². The molecule has 2 aromatic rings. The first-order valence-electron chi connectivity index (χ1n) is 7.81. The Bertz CT molecular complexity index is 1040.